The number of fused-ring (bicyclic) bond motifs is 3. The third-order valence-electron chi connectivity index (χ3n) is 12.4. The van der Waals surface area contributed by atoms with E-state index in [9.17, 15) is 0 Å². The van der Waals surface area contributed by atoms with Crippen molar-refractivity contribution in [3.8, 4) is 101 Å². The molecule has 5 nitrogen and oxygen atoms in total. The van der Waals surface area contributed by atoms with Crippen molar-refractivity contribution in [2.45, 2.75) is 0 Å². The highest BCUT2D eigenvalue weighted by molar-refractivity contribution is 6.09. The van der Waals surface area contributed by atoms with Crippen LogP contribution in [0, 0.1) is 0 Å². The van der Waals surface area contributed by atoms with Crippen LogP contribution in [0.2, 0.25) is 0 Å². The average molecular weight is 857 g/mol. The minimum Gasteiger partial charge on any atom is -0.456 e. The number of hydrogen-bond donors (Lipinski definition) is 0. The number of furan rings is 1. The summed E-state index contributed by atoms with van der Waals surface area (Å²) in [6, 6.07) is 84.0. The molecule has 0 saturated carbocycles. The van der Waals surface area contributed by atoms with Crippen LogP contribution in [0.25, 0.3) is 123 Å². The van der Waals surface area contributed by atoms with Crippen LogP contribution in [-0.4, -0.2) is 19.9 Å². The fraction of sp³-hybridized carbons (Fsp3) is 0. The van der Waals surface area contributed by atoms with E-state index in [0.29, 0.717) is 11.6 Å². The Morgan fingerprint density at radius 3 is 1.15 bits per heavy atom. The van der Waals surface area contributed by atoms with Crippen molar-refractivity contribution in [2.75, 3.05) is 0 Å². The van der Waals surface area contributed by atoms with Crippen LogP contribution in [0.4, 0.5) is 0 Å². The maximum Gasteiger partial charge on any atom is 0.160 e. The molecule has 3 heterocycles. The average Bonchev–Trinajstić information content (AvgIpc) is 3.79. The van der Waals surface area contributed by atoms with Crippen LogP contribution in [-0.2, 0) is 0 Å². The lowest BCUT2D eigenvalue weighted by atomic mass is 9.91. The van der Waals surface area contributed by atoms with Gasteiger partial charge in [0.25, 0.3) is 0 Å². The first-order valence-electron chi connectivity index (χ1n) is 22.4. The van der Waals surface area contributed by atoms with E-state index in [0.717, 1.165) is 111 Å². The van der Waals surface area contributed by atoms with E-state index in [1.54, 1.807) is 0 Å². The highest BCUT2D eigenvalue weighted by Gasteiger charge is 2.18. The van der Waals surface area contributed by atoms with Crippen molar-refractivity contribution in [1.29, 1.82) is 0 Å². The second kappa shape index (κ2) is 17.1. The van der Waals surface area contributed by atoms with Gasteiger partial charge in [-0.3, -0.25) is 0 Å². The summed E-state index contributed by atoms with van der Waals surface area (Å²) in [6.45, 7) is 0. The van der Waals surface area contributed by atoms with Gasteiger partial charge in [0.05, 0.1) is 22.8 Å². The monoisotopic (exact) mass is 856 g/mol. The van der Waals surface area contributed by atoms with Gasteiger partial charge >= 0.3 is 0 Å². The summed E-state index contributed by atoms with van der Waals surface area (Å²) in [5.74, 6) is 1.37. The number of rotatable bonds is 9. The molecule has 0 aliphatic carbocycles. The van der Waals surface area contributed by atoms with E-state index in [1.807, 2.05) is 72.8 Å². The molecule has 0 aliphatic rings. The Morgan fingerprint density at radius 1 is 0.224 bits per heavy atom. The SMILES string of the molecule is c1ccc(-c2cccc(-c3cc(-c4ccc(-c5cc6c(cc5-c5ccc(-c7cc(-c8ccccc8)nc(-c8ccccc8)n7)cc5)oc5ccccc56)cc4)nc(-c4ccccc4)n3)c2)cc1. The molecule has 12 aromatic rings. The zero-order valence-electron chi connectivity index (χ0n) is 36.3. The third kappa shape index (κ3) is 7.85. The molecule has 0 radical (unpaired) electrons. The van der Waals surface area contributed by atoms with E-state index in [4.69, 9.17) is 24.4 Å². The summed E-state index contributed by atoms with van der Waals surface area (Å²) < 4.78 is 6.48. The maximum absolute atomic E-state index is 6.48. The summed E-state index contributed by atoms with van der Waals surface area (Å²) in [5.41, 5.74) is 17.8. The highest BCUT2D eigenvalue weighted by atomic mass is 16.3. The Hall–Kier alpha value is -9.06. The molecule has 0 fully saturated rings. The fourth-order valence-electron chi connectivity index (χ4n) is 8.91. The van der Waals surface area contributed by atoms with Crippen molar-refractivity contribution in [2.24, 2.45) is 0 Å². The molecule has 9 aromatic carbocycles. The van der Waals surface area contributed by atoms with E-state index in [2.05, 4.69) is 170 Å². The topological polar surface area (TPSA) is 64.7 Å². The molecule has 12 rings (SSSR count). The van der Waals surface area contributed by atoms with Crippen LogP contribution >= 0.6 is 0 Å². The summed E-state index contributed by atoms with van der Waals surface area (Å²) in [7, 11) is 0. The van der Waals surface area contributed by atoms with E-state index >= 15 is 0 Å². The van der Waals surface area contributed by atoms with Crippen molar-refractivity contribution in [3.63, 3.8) is 0 Å². The molecule has 0 atom stereocenters. The molecule has 5 heteroatoms. The lowest BCUT2D eigenvalue weighted by molar-refractivity contribution is 0.669. The molecule has 0 amide bonds. The molecule has 0 bridgehead atoms. The van der Waals surface area contributed by atoms with Gasteiger partial charge in [-0.2, -0.15) is 0 Å². The number of aromatic nitrogens is 4. The molecule has 314 valence electrons. The largest absolute Gasteiger partial charge is 0.456 e. The Balaban J connectivity index is 0.947. The van der Waals surface area contributed by atoms with Crippen LogP contribution in [0.3, 0.4) is 0 Å². The minimum absolute atomic E-state index is 0.680. The summed E-state index contributed by atoms with van der Waals surface area (Å²) >= 11 is 0. The molecule has 0 spiro atoms. The fourth-order valence-corrected chi connectivity index (χ4v) is 8.91. The van der Waals surface area contributed by atoms with E-state index in [1.165, 1.54) is 0 Å². The molecule has 0 N–H and O–H groups in total. The Bertz CT molecular complexity index is 3640. The molecule has 0 unspecified atom stereocenters. The summed E-state index contributed by atoms with van der Waals surface area (Å²) in [6.07, 6.45) is 0. The van der Waals surface area contributed by atoms with Crippen molar-refractivity contribution < 1.29 is 4.42 Å². The van der Waals surface area contributed by atoms with Gasteiger partial charge in [-0.05, 0) is 69.8 Å². The van der Waals surface area contributed by atoms with Crippen molar-refractivity contribution in [3.05, 3.63) is 243 Å². The predicted molar refractivity (Wildman–Crippen MR) is 274 cm³/mol. The molecular weight excluding hydrogens is 817 g/mol. The second-order valence-corrected chi connectivity index (χ2v) is 16.6. The van der Waals surface area contributed by atoms with Crippen LogP contribution in [0.15, 0.2) is 247 Å². The zero-order chi connectivity index (χ0) is 44.5. The van der Waals surface area contributed by atoms with Gasteiger partial charge < -0.3 is 4.42 Å². The smallest absolute Gasteiger partial charge is 0.160 e. The highest BCUT2D eigenvalue weighted by Crippen LogP contribution is 2.41. The Kier molecular flexibility index (Phi) is 10.1. The lowest BCUT2D eigenvalue weighted by Crippen LogP contribution is -1.96. The molecule has 0 aliphatic heterocycles. The third-order valence-corrected chi connectivity index (χ3v) is 12.4. The van der Waals surface area contributed by atoms with Gasteiger partial charge in [0.2, 0.25) is 0 Å². The molecule has 3 aromatic heterocycles. The van der Waals surface area contributed by atoms with Crippen LogP contribution in [0.5, 0.6) is 0 Å². The van der Waals surface area contributed by atoms with Gasteiger partial charge in [-0.15, -0.1) is 0 Å². The normalized spacial score (nSPS) is 11.3. The molecule has 0 saturated heterocycles. The van der Waals surface area contributed by atoms with Gasteiger partial charge in [0, 0.05) is 44.2 Å². The minimum atomic E-state index is 0.680. The number of hydrogen-bond acceptors (Lipinski definition) is 5. The van der Waals surface area contributed by atoms with Crippen molar-refractivity contribution >= 4 is 21.9 Å². The summed E-state index contributed by atoms with van der Waals surface area (Å²) in [5, 5.41) is 2.16. The van der Waals surface area contributed by atoms with E-state index < -0.39 is 0 Å². The molecule has 67 heavy (non-hydrogen) atoms. The second-order valence-electron chi connectivity index (χ2n) is 16.6. The van der Waals surface area contributed by atoms with Crippen molar-refractivity contribution in [1.82, 2.24) is 19.9 Å². The zero-order valence-corrected chi connectivity index (χ0v) is 36.3. The summed E-state index contributed by atoms with van der Waals surface area (Å²) in [4.78, 5) is 20.4. The van der Waals surface area contributed by atoms with Gasteiger partial charge in [-0.1, -0.05) is 206 Å². The lowest BCUT2D eigenvalue weighted by Gasteiger charge is -2.14. The quantitative estimate of drug-likeness (QED) is 0.145. The predicted octanol–water partition coefficient (Wildman–Crippen LogP) is 16.2. The number of para-hydroxylation sites is 1. The van der Waals surface area contributed by atoms with Gasteiger partial charge in [-0.25, -0.2) is 19.9 Å². The van der Waals surface area contributed by atoms with Gasteiger partial charge in [0.1, 0.15) is 11.2 Å². The standard InChI is InChI=1S/C62H40N4O/c1-5-16-41(17-6-1)49-24-15-25-50(36-49)58-40-57(65-62(66-58)48-22-11-4-12-23-48)46-32-28-42(29-33-46)52-37-54-51-26-13-14-27-59(51)67-60(54)38-53(52)43-30-34-45(35-31-43)56-39-55(44-18-7-2-8-19-44)63-61(64-56)47-20-9-3-10-21-47/h1-40H. The van der Waals surface area contributed by atoms with Crippen LogP contribution in [0.1, 0.15) is 0 Å². The molecular formula is C62H40N4O. The number of benzene rings is 9. The maximum atomic E-state index is 6.48. The number of nitrogens with zero attached hydrogens (tertiary/aromatic N) is 4. The Morgan fingerprint density at radius 2 is 0.612 bits per heavy atom. The Labute approximate surface area is 388 Å². The van der Waals surface area contributed by atoms with Crippen LogP contribution < -0.4 is 0 Å². The first kappa shape index (κ1) is 39.5. The first-order valence-corrected chi connectivity index (χ1v) is 22.4. The first-order chi connectivity index (χ1) is 33.2. The van der Waals surface area contributed by atoms with Gasteiger partial charge in [0.15, 0.2) is 11.6 Å². The van der Waals surface area contributed by atoms with E-state index in [-0.39, 0.29) is 0 Å².